The van der Waals surface area contributed by atoms with E-state index in [1.165, 1.54) is 18.2 Å². The lowest BCUT2D eigenvalue weighted by atomic mass is 10.1. The van der Waals surface area contributed by atoms with Crippen molar-refractivity contribution in [2.75, 3.05) is 24.3 Å². The number of aromatic carboxylic acids is 1. The van der Waals surface area contributed by atoms with E-state index in [9.17, 15) is 23.1 Å². The van der Waals surface area contributed by atoms with Gasteiger partial charge in [-0.05, 0) is 17.9 Å². The van der Waals surface area contributed by atoms with E-state index >= 15 is 0 Å². The van der Waals surface area contributed by atoms with E-state index < -0.39 is 27.6 Å². The van der Waals surface area contributed by atoms with Crippen LogP contribution in [0, 0.1) is 0 Å². The number of carboxylic acid groups (broad SMARTS) is 1. The molecule has 9 heteroatoms. The Hall–Kier alpha value is -1.74. The lowest BCUT2D eigenvalue weighted by Gasteiger charge is -2.11. The van der Waals surface area contributed by atoms with Gasteiger partial charge in [0.25, 0.3) is 5.91 Å². The smallest absolute Gasteiger partial charge is 0.340 e. The minimum absolute atomic E-state index is 0.143. The molecule has 7 nitrogen and oxygen atoms in total. The Balaban J connectivity index is 3.06. The number of benzene rings is 1. The van der Waals surface area contributed by atoms with Crippen LogP contribution in [-0.4, -0.2) is 49.7 Å². The standard InChI is InChI=1S/C13H17NO6S2/c1-3-21-8-7-14-12(15)9-5-4-6-10(11(9)13(16)17)20-22(2,18)19/h4-6H,3,7-8H2,1-2H3,(H,14,15)(H,16,17). The van der Waals surface area contributed by atoms with Gasteiger partial charge >= 0.3 is 16.1 Å². The fourth-order valence-electron chi connectivity index (χ4n) is 1.65. The van der Waals surface area contributed by atoms with Crippen molar-refractivity contribution in [1.82, 2.24) is 5.32 Å². The highest BCUT2D eigenvalue weighted by atomic mass is 32.2. The van der Waals surface area contributed by atoms with Gasteiger partial charge in [-0.1, -0.05) is 13.0 Å². The van der Waals surface area contributed by atoms with Gasteiger partial charge in [-0.25, -0.2) is 4.79 Å². The first kappa shape index (κ1) is 18.3. The van der Waals surface area contributed by atoms with Crippen LogP contribution in [0.4, 0.5) is 0 Å². The monoisotopic (exact) mass is 347 g/mol. The maximum Gasteiger partial charge on any atom is 0.340 e. The summed E-state index contributed by atoms with van der Waals surface area (Å²) in [6.45, 7) is 2.37. The van der Waals surface area contributed by atoms with Crippen molar-refractivity contribution in [3.05, 3.63) is 29.3 Å². The minimum atomic E-state index is -3.90. The highest BCUT2D eigenvalue weighted by molar-refractivity contribution is 7.99. The predicted octanol–water partition coefficient (Wildman–Crippen LogP) is 1.21. The van der Waals surface area contributed by atoms with Crippen molar-refractivity contribution in [3.63, 3.8) is 0 Å². The van der Waals surface area contributed by atoms with Gasteiger partial charge in [-0.15, -0.1) is 0 Å². The molecule has 0 fully saturated rings. The fourth-order valence-corrected chi connectivity index (χ4v) is 2.65. The number of amides is 1. The first-order valence-corrected chi connectivity index (χ1v) is 9.35. The molecule has 1 aromatic rings. The van der Waals surface area contributed by atoms with Crippen molar-refractivity contribution in [2.45, 2.75) is 6.92 Å². The average molecular weight is 347 g/mol. The summed E-state index contributed by atoms with van der Waals surface area (Å²) in [6, 6.07) is 3.86. The third-order valence-electron chi connectivity index (χ3n) is 2.46. The van der Waals surface area contributed by atoms with Crippen LogP contribution in [0.1, 0.15) is 27.6 Å². The molecule has 22 heavy (non-hydrogen) atoms. The van der Waals surface area contributed by atoms with E-state index in [0.29, 0.717) is 12.3 Å². The highest BCUT2D eigenvalue weighted by Crippen LogP contribution is 2.24. The third kappa shape index (κ3) is 5.57. The Bertz CT molecular complexity index is 656. The quantitative estimate of drug-likeness (QED) is 0.537. The van der Waals surface area contributed by atoms with Gasteiger partial charge in [0, 0.05) is 12.3 Å². The Morgan fingerprint density at radius 3 is 2.59 bits per heavy atom. The zero-order chi connectivity index (χ0) is 16.8. The molecule has 1 aromatic carbocycles. The summed E-state index contributed by atoms with van der Waals surface area (Å²) < 4.78 is 27.0. The molecular weight excluding hydrogens is 330 g/mol. The third-order valence-corrected chi connectivity index (χ3v) is 3.85. The zero-order valence-electron chi connectivity index (χ0n) is 12.2. The van der Waals surface area contributed by atoms with Gasteiger partial charge in [0.05, 0.1) is 11.8 Å². The molecule has 0 bridgehead atoms. The maximum atomic E-state index is 12.1. The minimum Gasteiger partial charge on any atom is -0.478 e. The first-order chi connectivity index (χ1) is 10.3. The summed E-state index contributed by atoms with van der Waals surface area (Å²) in [5.74, 6) is -0.802. The van der Waals surface area contributed by atoms with Crippen molar-refractivity contribution in [3.8, 4) is 5.75 Å². The molecule has 0 radical (unpaired) electrons. The van der Waals surface area contributed by atoms with Gasteiger partial charge < -0.3 is 14.6 Å². The second kappa shape index (κ2) is 8.04. The molecule has 0 spiro atoms. The SMILES string of the molecule is CCSCCNC(=O)c1cccc(OS(C)(=O)=O)c1C(=O)O. The molecule has 1 rings (SSSR count). The van der Waals surface area contributed by atoms with E-state index in [4.69, 9.17) is 0 Å². The van der Waals surface area contributed by atoms with E-state index in [1.807, 2.05) is 6.92 Å². The van der Waals surface area contributed by atoms with Crippen molar-refractivity contribution < 1.29 is 27.3 Å². The number of carbonyl (C=O) groups is 2. The van der Waals surface area contributed by atoms with Crippen molar-refractivity contribution in [1.29, 1.82) is 0 Å². The molecule has 0 saturated heterocycles. The van der Waals surface area contributed by atoms with E-state index in [2.05, 4.69) is 9.50 Å². The zero-order valence-corrected chi connectivity index (χ0v) is 13.8. The molecule has 2 N–H and O–H groups in total. The van der Waals surface area contributed by atoms with Gasteiger partial charge in [-0.3, -0.25) is 4.79 Å². The van der Waals surface area contributed by atoms with Gasteiger partial charge in [0.2, 0.25) is 0 Å². The molecule has 0 unspecified atom stereocenters. The molecule has 0 aliphatic rings. The maximum absolute atomic E-state index is 12.1. The fraction of sp³-hybridized carbons (Fsp3) is 0.385. The van der Waals surface area contributed by atoms with Crippen molar-refractivity contribution in [2.24, 2.45) is 0 Å². The normalized spacial score (nSPS) is 11.0. The van der Waals surface area contributed by atoms with Crippen LogP contribution in [0.3, 0.4) is 0 Å². The topological polar surface area (TPSA) is 110 Å². The van der Waals surface area contributed by atoms with E-state index in [-0.39, 0.29) is 11.3 Å². The Kier molecular flexibility index (Phi) is 6.69. The molecule has 1 amide bonds. The first-order valence-electron chi connectivity index (χ1n) is 6.38. The highest BCUT2D eigenvalue weighted by Gasteiger charge is 2.23. The van der Waals surface area contributed by atoms with Crippen LogP contribution < -0.4 is 9.50 Å². The molecular formula is C13H17NO6S2. The molecule has 0 saturated carbocycles. The van der Waals surface area contributed by atoms with Crippen LogP contribution in [0.2, 0.25) is 0 Å². The summed E-state index contributed by atoms with van der Waals surface area (Å²) in [7, 11) is -3.90. The summed E-state index contributed by atoms with van der Waals surface area (Å²) in [6.07, 6.45) is 0.799. The van der Waals surface area contributed by atoms with Crippen LogP contribution in [-0.2, 0) is 10.1 Å². The number of hydrogen-bond donors (Lipinski definition) is 2. The Morgan fingerprint density at radius 2 is 2.05 bits per heavy atom. The summed E-state index contributed by atoms with van der Waals surface area (Å²) in [5.41, 5.74) is -0.622. The number of thioether (sulfide) groups is 1. The number of hydrogen-bond acceptors (Lipinski definition) is 6. The van der Waals surface area contributed by atoms with Crippen molar-refractivity contribution >= 4 is 33.8 Å². The summed E-state index contributed by atoms with van der Waals surface area (Å²) in [4.78, 5) is 23.4. The molecule has 122 valence electrons. The van der Waals surface area contributed by atoms with E-state index in [1.54, 1.807) is 11.8 Å². The Morgan fingerprint density at radius 1 is 1.36 bits per heavy atom. The van der Waals surface area contributed by atoms with Crippen LogP contribution in [0.5, 0.6) is 5.75 Å². The van der Waals surface area contributed by atoms with Gasteiger partial charge in [0.1, 0.15) is 5.56 Å². The van der Waals surface area contributed by atoms with Gasteiger partial charge in [0.15, 0.2) is 5.75 Å². The molecule has 0 heterocycles. The predicted molar refractivity (Wildman–Crippen MR) is 84.2 cm³/mol. The summed E-state index contributed by atoms with van der Waals surface area (Å²) >= 11 is 1.63. The second-order valence-electron chi connectivity index (χ2n) is 4.22. The average Bonchev–Trinajstić information content (AvgIpc) is 2.41. The van der Waals surface area contributed by atoms with Crippen LogP contribution in [0.25, 0.3) is 0 Å². The molecule has 0 aliphatic heterocycles. The van der Waals surface area contributed by atoms with Crippen LogP contribution >= 0.6 is 11.8 Å². The lowest BCUT2D eigenvalue weighted by molar-refractivity contribution is 0.0689. The second-order valence-corrected chi connectivity index (χ2v) is 7.19. The molecule has 0 atom stereocenters. The molecule has 0 aliphatic carbocycles. The Labute approximate surface area is 133 Å². The number of nitrogens with one attached hydrogen (secondary N) is 1. The van der Waals surface area contributed by atoms with E-state index in [0.717, 1.165) is 12.0 Å². The molecule has 0 aromatic heterocycles. The lowest BCUT2D eigenvalue weighted by Crippen LogP contribution is -2.28. The summed E-state index contributed by atoms with van der Waals surface area (Å²) in [5, 5.41) is 11.8. The number of carboxylic acids is 1. The van der Waals surface area contributed by atoms with Gasteiger partial charge in [-0.2, -0.15) is 20.2 Å². The van der Waals surface area contributed by atoms with Crippen LogP contribution in [0.15, 0.2) is 18.2 Å². The number of rotatable bonds is 8. The largest absolute Gasteiger partial charge is 0.478 e. The number of carbonyl (C=O) groups excluding carboxylic acids is 1.